The van der Waals surface area contributed by atoms with E-state index < -0.39 is 5.41 Å². The van der Waals surface area contributed by atoms with Gasteiger partial charge in [-0.25, -0.2) is 0 Å². The van der Waals surface area contributed by atoms with Crippen LogP contribution in [0.2, 0.25) is 0 Å². The van der Waals surface area contributed by atoms with Crippen LogP contribution in [0.4, 0.5) is 11.4 Å². The van der Waals surface area contributed by atoms with Gasteiger partial charge in [-0.2, -0.15) is 0 Å². The Balaban J connectivity index is 1.91. The molecule has 3 rings (SSSR count). The Morgan fingerprint density at radius 3 is 2.68 bits per heavy atom. The second-order valence-electron chi connectivity index (χ2n) is 5.89. The van der Waals surface area contributed by atoms with Gasteiger partial charge in [-0.1, -0.05) is 6.07 Å². The molecule has 2 aromatic rings. The van der Waals surface area contributed by atoms with E-state index in [1.807, 2.05) is 26.0 Å². The molecule has 5 heteroatoms. The third kappa shape index (κ3) is 2.15. The smallest absolute Gasteiger partial charge is 0.274 e. The quantitative estimate of drug-likeness (QED) is 0.926. The molecule has 0 fully saturated rings. The van der Waals surface area contributed by atoms with E-state index in [0.717, 1.165) is 11.3 Å². The van der Waals surface area contributed by atoms with Crippen molar-refractivity contribution in [2.75, 3.05) is 17.3 Å². The molecule has 0 spiro atoms. The molecule has 0 radical (unpaired) electrons. The third-order valence-corrected chi connectivity index (χ3v) is 4.03. The summed E-state index contributed by atoms with van der Waals surface area (Å²) in [7, 11) is 1.77. The maximum atomic E-state index is 12.3. The number of likely N-dealkylation sites (N-methyl/N-ethyl adjacent to an activating group) is 1. The van der Waals surface area contributed by atoms with E-state index in [2.05, 4.69) is 10.3 Å². The molecule has 22 heavy (non-hydrogen) atoms. The Morgan fingerprint density at radius 2 is 2.00 bits per heavy atom. The predicted octanol–water partition coefficient (Wildman–Crippen LogP) is 2.59. The number of amides is 2. The lowest BCUT2D eigenvalue weighted by Gasteiger charge is -2.16. The summed E-state index contributed by atoms with van der Waals surface area (Å²) in [6.07, 6.45) is 1.58. The van der Waals surface area contributed by atoms with E-state index in [1.54, 1.807) is 42.4 Å². The number of aromatic nitrogens is 1. The van der Waals surface area contributed by atoms with Crippen LogP contribution in [0, 0.1) is 0 Å². The van der Waals surface area contributed by atoms with Crippen LogP contribution in [0.25, 0.3) is 0 Å². The SMILES string of the molecule is CN1C(=O)C(C)(C)c2cc(NC(=O)c3ccccn3)ccc21. The summed E-state index contributed by atoms with van der Waals surface area (Å²) in [6.45, 7) is 3.78. The maximum Gasteiger partial charge on any atom is 0.274 e. The van der Waals surface area contributed by atoms with Crippen molar-refractivity contribution >= 4 is 23.2 Å². The van der Waals surface area contributed by atoms with Crippen molar-refractivity contribution in [2.24, 2.45) is 0 Å². The lowest BCUT2D eigenvalue weighted by molar-refractivity contribution is -0.121. The topological polar surface area (TPSA) is 62.3 Å². The fraction of sp³-hybridized carbons (Fsp3) is 0.235. The number of pyridine rings is 1. The highest BCUT2D eigenvalue weighted by Crippen LogP contribution is 2.41. The third-order valence-electron chi connectivity index (χ3n) is 4.03. The molecule has 2 heterocycles. The number of hydrogen-bond acceptors (Lipinski definition) is 3. The average molecular weight is 295 g/mol. The first-order valence-electron chi connectivity index (χ1n) is 7.06. The van der Waals surface area contributed by atoms with E-state index in [-0.39, 0.29) is 11.8 Å². The minimum Gasteiger partial charge on any atom is -0.321 e. The minimum absolute atomic E-state index is 0.0516. The molecular weight excluding hydrogens is 278 g/mol. The van der Waals surface area contributed by atoms with Gasteiger partial charge in [-0.3, -0.25) is 14.6 Å². The second kappa shape index (κ2) is 4.94. The van der Waals surface area contributed by atoms with Gasteiger partial charge in [-0.05, 0) is 49.7 Å². The van der Waals surface area contributed by atoms with Crippen molar-refractivity contribution in [3.8, 4) is 0 Å². The van der Waals surface area contributed by atoms with Crippen LogP contribution in [0.15, 0.2) is 42.6 Å². The molecule has 0 atom stereocenters. The summed E-state index contributed by atoms with van der Waals surface area (Å²) in [6, 6.07) is 10.7. The normalized spacial score (nSPS) is 15.6. The number of carbonyl (C=O) groups is 2. The zero-order valence-corrected chi connectivity index (χ0v) is 12.8. The predicted molar refractivity (Wildman–Crippen MR) is 85.1 cm³/mol. The highest BCUT2D eigenvalue weighted by atomic mass is 16.2. The highest BCUT2D eigenvalue weighted by molar-refractivity contribution is 6.08. The lowest BCUT2D eigenvalue weighted by Crippen LogP contribution is -2.33. The summed E-state index contributed by atoms with van der Waals surface area (Å²) in [5, 5.41) is 2.82. The Hall–Kier alpha value is -2.69. The van der Waals surface area contributed by atoms with Crippen molar-refractivity contribution in [3.05, 3.63) is 53.9 Å². The standard InChI is InChI=1S/C17H17N3O2/c1-17(2)12-10-11(7-8-14(12)20(3)16(17)22)19-15(21)13-6-4-5-9-18-13/h4-10H,1-3H3,(H,19,21). The number of anilines is 2. The molecule has 5 nitrogen and oxygen atoms in total. The molecule has 1 aromatic carbocycles. The van der Waals surface area contributed by atoms with Gasteiger partial charge in [0.2, 0.25) is 5.91 Å². The van der Waals surface area contributed by atoms with Crippen LogP contribution in [0.1, 0.15) is 29.9 Å². The van der Waals surface area contributed by atoms with Gasteiger partial charge in [-0.15, -0.1) is 0 Å². The summed E-state index contributed by atoms with van der Waals surface area (Å²) in [4.78, 5) is 30.1. The van der Waals surface area contributed by atoms with Crippen LogP contribution in [-0.2, 0) is 10.2 Å². The van der Waals surface area contributed by atoms with E-state index in [4.69, 9.17) is 0 Å². The van der Waals surface area contributed by atoms with Crippen molar-refractivity contribution in [3.63, 3.8) is 0 Å². The maximum absolute atomic E-state index is 12.3. The van der Waals surface area contributed by atoms with Crippen LogP contribution in [0.3, 0.4) is 0 Å². The highest BCUT2D eigenvalue weighted by Gasteiger charge is 2.42. The molecule has 0 saturated carbocycles. The molecule has 0 aliphatic carbocycles. The largest absolute Gasteiger partial charge is 0.321 e. The van der Waals surface area contributed by atoms with Gasteiger partial charge in [0.1, 0.15) is 5.69 Å². The van der Waals surface area contributed by atoms with Gasteiger partial charge >= 0.3 is 0 Å². The summed E-state index contributed by atoms with van der Waals surface area (Å²) >= 11 is 0. The summed E-state index contributed by atoms with van der Waals surface area (Å²) < 4.78 is 0. The first kappa shape index (κ1) is 14.3. The summed E-state index contributed by atoms with van der Waals surface area (Å²) in [5.74, 6) is -0.216. The van der Waals surface area contributed by atoms with Crippen LogP contribution < -0.4 is 10.2 Å². The van der Waals surface area contributed by atoms with E-state index >= 15 is 0 Å². The number of nitrogens with zero attached hydrogens (tertiary/aromatic N) is 2. The van der Waals surface area contributed by atoms with E-state index in [0.29, 0.717) is 11.4 Å². The second-order valence-corrected chi connectivity index (χ2v) is 5.89. The van der Waals surface area contributed by atoms with Crippen LogP contribution in [0.5, 0.6) is 0 Å². The Labute approximate surface area is 129 Å². The fourth-order valence-corrected chi connectivity index (χ4v) is 2.74. The molecule has 2 amide bonds. The van der Waals surface area contributed by atoms with E-state index in [9.17, 15) is 9.59 Å². The number of fused-ring (bicyclic) bond motifs is 1. The van der Waals surface area contributed by atoms with Gasteiger partial charge in [0.15, 0.2) is 0 Å². The number of carbonyl (C=O) groups excluding carboxylic acids is 2. The lowest BCUT2D eigenvalue weighted by atomic mass is 9.86. The number of nitrogens with one attached hydrogen (secondary N) is 1. The minimum atomic E-state index is -0.587. The van der Waals surface area contributed by atoms with Crippen molar-refractivity contribution < 1.29 is 9.59 Å². The van der Waals surface area contributed by atoms with Gasteiger partial charge in [0.25, 0.3) is 5.91 Å². The van der Waals surface area contributed by atoms with E-state index in [1.165, 1.54) is 0 Å². The Kier molecular flexibility index (Phi) is 3.20. The molecule has 1 N–H and O–H groups in total. The first-order valence-corrected chi connectivity index (χ1v) is 7.06. The molecule has 0 unspecified atom stereocenters. The molecule has 1 aliphatic heterocycles. The first-order chi connectivity index (χ1) is 10.4. The molecule has 0 bridgehead atoms. The Bertz CT molecular complexity index is 754. The van der Waals surface area contributed by atoms with Crippen molar-refractivity contribution in [1.82, 2.24) is 4.98 Å². The molecule has 1 aliphatic rings. The number of benzene rings is 1. The average Bonchev–Trinajstić information content (AvgIpc) is 2.69. The summed E-state index contributed by atoms with van der Waals surface area (Å²) in [5.41, 5.74) is 2.22. The van der Waals surface area contributed by atoms with Crippen molar-refractivity contribution in [1.29, 1.82) is 0 Å². The van der Waals surface area contributed by atoms with Crippen molar-refractivity contribution in [2.45, 2.75) is 19.3 Å². The number of rotatable bonds is 2. The zero-order chi connectivity index (χ0) is 15.9. The monoisotopic (exact) mass is 295 g/mol. The van der Waals surface area contributed by atoms with Gasteiger partial charge in [0.05, 0.1) is 5.41 Å². The zero-order valence-electron chi connectivity index (χ0n) is 12.8. The molecule has 0 saturated heterocycles. The molecular formula is C17H17N3O2. The van der Waals surface area contributed by atoms with Crippen LogP contribution >= 0.6 is 0 Å². The number of hydrogen-bond donors (Lipinski definition) is 1. The van der Waals surface area contributed by atoms with Gasteiger partial charge in [0, 0.05) is 24.6 Å². The molecule has 1 aromatic heterocycles. The fourth-order valence-electron chi connectivity index (χ4n) is 2.74. The Morgan fingerprint density at radius 1 is 1.23 bits per heavy atom. The van der Waals surface area contributed by atoms with Crippen LogP contribution in [-0.4, -0.2) is 23.8 Å². The molecule has 112 valence electrons. The van der Waals surface area contributed by atoms with Gasteiger partial charge < -0.3 is 10.2 Å².